The number of hydrogen-bond donors (Lipinski definition) is 4. The van der Waals surface area contributed by atoms with Crippen molar-refractivity contribution in [3.05, 3.63) is 57.5 Å². The maximum Gasteiger partial charge on any atom is 0.305 e. The Bertz CT molecular complexity index is 1190. The summed E-state index contributed by atoms with van der Waals surface area (Å²) in [6.07, 6.45) is 3.58. The van der Waals surface area contributed by atoms with Gasteiger partial charge in [-0.1, -0.05) is 12.1 Å². The quantitative estimate of drug-likeness (QED) is 0.124. The summed E-state index contributed by atoms with van der Waals surface area (Å²) in [5.74, 6) is -0.543. The number of H-pyrrole nitrogens is 2. The predicted octanol–water partition coefficient (Wildman–Crippen LogP) is 2.03. The number of amides is 1. The first-order valence-electron chi connectivity index (χ1n) is 11.6. The zero-order valence-corrected chi connectivity index (χ0v) is 19.9. The van der Waals surface area contributed by atoms with Crippen molar-refractivity contribution in [3.63, 3.8) is 0 Å². The van der Waals surface area contributed by atoms with Crippen LogP contribution in [0.4, 0.5) is 5.95 Å². The molecule has 2 heterocycles. The molecule has 2 aromatic heterocycles. The standard InChI is InChI=1S/C24H31N5O6/c1-3-33-19(30)12-11-18(14-35-34-4-2)27-22(31)16-8-5-15(6-9-16)7-10-17-13-26-21-20(17)23(32)29-24(25)28-21/h5-6,8-9,13,18H,3-4,7,10-12,14H2,1-2H3,(H,27,31)(H4,25,26,28,29,32)/t18-/m0/s1. The average molecular weight is 486 g/mol. The molecule has 0 fully saturated rings. The van der Waals surface area contributed by atoms with E-state index in [9.17, 15) is 14.4 Å². The molecule has 0 aliphatic carbocycles. The number of benzene rings is 1. The molecule has 0 saturated carbocycles. The molecule has 188 valence electrons. The first-order chi connectivity index (χ1) is 16.9. The number of nitrogens with zero attached hydrogens (tertiary/aromatic N) is 1. The van der Waals surface area contributed by atoms with Crippen LogP contribution in [0.5, 0.6) is 0 Å². The summed E-state index contributed by atoms with van der Waals surface area (Å²) in [5.41, 5.74) is 8.10. The molecule has 1 amide bonds. The van der Waals surface area contributed by atoms with Crippen molar-refractivity contribution >= 4 is 28.9 Å². The molecule has 3 rings (SSSR count). The Balaban J connectivity index is 1.58. The second-order valence-corrected chi connectivity index (χ2v) is 7.89. The third-order valence-electron chi connectivity index (χ3n) is 5.36. The summed E-state index contributed by atoms with van der Waals surface area (Å²) in [6, 6.07) is 6.80. The maximum atomic E-state index is 12.7. The second kappa shape index (κ2) is 12.7. The Kier molecular flexibility index (Phi) is 9.39. The minimum atomic E-state index is -0.416. The van der Waals surface area contributed by atoms with Gasteiger partial charge in [-0.25, -0.2) is 9.78 Å². The van der Waals surface area contributed by atoms with E-state index in [1.165, 1.54) is 0 Å². The van der Waals surface area contributed by atoms with E-state index < -0.39 is 6.04 Å². The highest BCUT2D eigenvalue weighted by Gasteiger charge is 2.17. The van der Waals surface area contributed by atoms with Crippen molar-refractivity contribution in [1.29, 1.82) is 0 Å². The van der Waals surface area contributed by atoms with E-state index in [0.717, 1.165) is 11.1 Å². The fourth-order valence-corrected chi connectivity index (χ4v) is 3.63. The van der Waals surface area contributed by atoms with Crippen LogP contribution in [0, 0.1) is 0 Å². The van der Waals surface area contributed by atoms with Crippen LogP contribution in [-0.2, 0) is 32.1 Å². The van der Waals surface area contributed by atoms with Crippen LogP contribution in [0.1, 0.15) is 48.2 Å². The topological polar surface area (TPSA) is 161 Å². The summed E-state index contributed by atoms with van der Waals surface area (Å²) in [4.78, 5) is 56.2. The fraction of sp³-hybridized carbons (Fsp3) is 0.417. The maximum absolute atomic E-state index is 12.7. The molecule has 11 heteroatoms. The van der Waals surface area contributed by atoms with Gasteiger partial charge in [0.25, 0.3) is 11.5 Å². The minimum absolute atomic E-state index is 0.0670. The molecule has 1 aromatic carbocycles. The number of nitrogen functional groups attached to an aromatic ring is 1. The summed E-state index contributed by atoms with van der Waals surface area (Å²) in [6.45, 7) is 4.32. The number of aromatic nitrogens is 3. The lowest BCUT2D eigenvalue weighted by molar-refractivity contribution is -0.294. The van der Waals surface area contributed by atoms with E-state index in [2.05, 4.69) is 20.3 Å². The van der Waals surface area contributed by atoms with Crippen LogP contribution in [-0.4, -0.2) is 52.7 Å². The lowest BCUT2D eigenvalue weighted by Gasteiger charge is -2.18. The third-order valence-corrected chi connectivity index (χ3v) is 5.36. The molecule has 0 unspecified atom stereocenters. The van der Waals surface area contributed by atoms with Crippen LogP contribution in [0.25, 0.3) is 11.0 Å². The number of ether oxygens (including phenoxy) is 1. The zero-order chi connectivity index (χ0) is 25.2. The number of hydrogen-bond acceptors (Lipinski definition) is 8. The molecule has 0 saturated heterocycles. The van der Waals surface area contributed by atoms with Gasteiger partial charge < -0.3 is 25.8 Å². The summed E-state index contributed by atoms with van der Waals surface area (Å²) in [5, 5.41) is 3.38. The number of aromatic amines is 2. The van der Waals surface area contributed by atoms with Gasteiger partial charge in [0.1, 0.15) is 12.3 Å². The smallest absolute Gasteiger partial charge is 0.305 e. The lowest BCUT2D eigenvalue weighted by atomic mass is 10.0. The number of aryl methyl sites for hydroxylation is 2. The Labute approximate surface area is 202 Å². The van der Waals surface area contributed by atoms with Gasteiger partial charge in [0, 0.05) is 18.2 Å². The van der Waals surface area contributed by atoms with E-state index in [1.54, 1.807) is 32.2 Å². The predicted molar refractivity (Wildman–Crippen MR) is 130 cm³/mol. The van der Waals surface area contributed by atoms with Crippen molar-refractivity contribution in [1.82, 2.24) is 20.3 Å². The highest BCUT2D eigenvalue weighted by Crippen LogP contribution is 2.16. The third kappa shape index (κ3) is 7.39. The van der Waals surface area contributed by atoms with E-state index in [-0.39, 0.29) is 36.4 Å². The molecule has 5 N–H and O–H groups in total. The minimum Gasteiger partial charge on any atom is -0.466 e. The van der Waals surface area contributed by atoms with E-state index >= 15 is 0 Å². The first-order valence-corrected chi connectivity index (χ1v) is 11.6. The van der Waals surface area contributed by atoms with Gasteiger partial charge >= 0.3 is 5.97 Å². The summed E-state index contributed by atoms with van der Waals surface area (Å²) >= 11 is 0. The molecule has 11 nitrogen and oxygen atoms in total. The fourth-order valence-electron chi connectivity index (χ4n) is 3.63. The van der Waals surface area contributed by atoms with E-state index in [4.69, 9.17) is 20.2 Å². The van der Waals surface area contributed by atoms with E-state index in [1.807, 2.05) is 12.1 Å². The first kappa shape index (κ1) is 25.9. The van der Waals surface area contributed by atoms with Crippen molar-refractivity contribution < 1.29 is 24.1 Å². The van der Waals surface area contributed by atoms with Crippen LogP contribution >= 0.6 is 0 Å². The van der Waals surface area contributed by atoms with Crippen LogP contribution in [0.3, 0.4) is 0 Å². The molecule has 1 atom stereocenters. The van der Waals surface area contributed by atoms with Crippen molar-refractivity contribution in [2.45, 2.75) is 45.6 Å². The van der Waals surface area contributed by atoms with Crippen LogP contribution < -0.4 is 16.6 Å². The van der Waals surface area contributed by atoms with Gasteiger partial charge in [-0.05, 0) is 56.4 Å². The number of anilines is 1. The highest BCUT2D eigenvalue weighted by molar-refractivity contribution is 5.94. The molecule has 0 bridgehead atoms. The van der Waals surface area contributed by atoms with Gasteiger partial charge in [0.2, 0.25) is 5.95 Å². The summed E-state index contributed by atoms with van der Waals surface area (Å²) in [7, 11) is 0. The largest absolute Gasteiger partial charge is 0.466 e. The molecule has 0 spiro atoms. The van der Waals surface area contributed by atoms with Crippen LogP contribution in [0.15, 0.2) is 35.3 Å². The molecular weight excluding hydrogens is 454 g/mol. The molecular formula is C24H31N5O6. The number of fused-ring (bicyclic) bond motifs is 1. The number of rotatable bonds is 13. The Morgan fingerprint density at radius 1 is 1.11 bits per heavy atom. The number of nitrogens with one attached hydrogen (secondary N) is 3. The lowest BCUT2D eigenvalue weighted by Crippen LogP contribution is -2.38. The molecule has 0 aliphatic rings. The Morgan fingerprint density at radius 3 is 2.60 bits per heavy atom. The van der Waals surface area contributed by atoms with Gasteiger partial charge in [-0.2, -0.15) is 4.98 Å². The average Bonchev–Trinajstić information content (AvgIpc) is 3.24. The monoisotopic (exact) mass is 485 g/mol. The van der Waals surface area contributed by atoms with E-state index in [0.29, 0.717) is 49.1 Å². The van der Waals surface area contributed by atoms with Crippen molar-refractivity contribution in [3.8, 4) is 0 Å². The van der Waals surface area contributed by atoms with Crippen molar-refractivity contribution in [2.24, 2.45) is 0 Å². The van der Waals surface area contributed by atoms with Crippen LogP contribution in [0.2, 0.25) is 0 Å². The van der Waals surface area contributed by atoms with Gasteiger partial charge in [-0.3, -0.25) is 14.4 Å². The normalized spacial score (nSPS) is 11.9. The van der Waals surface area contributed by atoms with Gasteiger partial charge in [-0.15, -0.1) is 0 Å². The van der Waals surface area contributed by atoms with Gasteiger partial charge in [0.05, 0.1) is 24.6 Å². The Morgan fingerprint density at radius 2 is 1.89 bits per heavy atom. The highest BCUT2D eigenvalue weighted by atomic mass is 17.2. The van der Waals surface area contributed by atoms with Gasteiger partial charge in [0.15, 0.2) is 0 Å². The van der Waals surface area contributed by atoms with Crippen molar-refractivity contribution in [2.75, 3.05) is 25.6 Å². The molecule has 0 aliphatic heterocycles. The summed E-state index contributed by atoms with van der Waals surface area (Å²) < 4.78 is 4.95. The number of carbonyl (C=O) groups excluding carboxylic acids is 2. The number of esters is 1. The number of carbonyl (C=O) groups is 2. The molecule has 35 heavy (non-hydrogen) atoms. The molecule has 0 radical (unpaired) electrons. The number of nitrogens with two attached hydrogens (primary N) is 1. The SMILES string of the molecule is CCOOC[C@H](CCC(=O)OCC)NC(=O)c1ccc(CCc2c[nH]c3[nH]c(N)nc(=O)c23)cc1. The zero-order valence-electron chi connectivity index (χ0n) is 19.9. The Hall–Kier alpha value is -3.70. The molecule has 3 aromatic rings. The second-order valence-electron chi connectivity index (χ2n) is 7.89.